The third kappa shape index (κ3) is 3.46. The van der Waals surface area contributed by atoms with Crippen molar-refractivity contribution in [2.75, 3.05) is 0 Å². The molecule has 1 aliphatic carbocycles. The summed E-state index contributed by atoms with van der Waals surface area (Å²) in [7, 11) is 0. The summed E-state index contributed by atoms with van der Waals surface area (Å²) in [4.78, 5) is 16.8. The van der Waals surface area contributed by atoms with Crippen molar-refractivity contribution >= 4 is 16.8 Å². The average molecular weight is 377 g/mol. The first-order valence-electron chi connectivity index (χ1n) is 9.37. The fourth-order valence-electron chi connectivity index (χ4n) is 3.70. The summed E-state index contributed by atoms with van der Waals surface area (Å²) in [5, 5.41) is 17.3. The molecule has 0 radical (unpaired) electrons. The van der Waals surface area contributed by atoms with Gasteiger partial charge in [-0.15, -0.1) is 0 Å². The van der Waals surface area contributed by atoms with Gasteiger partial charge in [0.05, 0.1) is 22.8 Å². The first kappa shape index (κ1) is 18.1. The van der Waals surface area contributed by atoms with Crippen LogP contribution in [-0.4, -0.2) is 26.7 Å². The Labute approximate surface area is 162 Å². The molecule has 3 aromatic rings. The van der Waals surface area contributed by atoms with Crippen LogP contribution in [0.15, 0.2) is 36.5 Å². The highest BCUT2D eigenvalue weighted by Crippen LogP contribution is 2.24. The number of amides is 1. The van der Waals surface area contributed by atoms with Gasteiger partial charge in [0, 0.05) is 29.6 Å². The van der Waals surface area contributed by atoms with Gasteiger partial charge < -0.3 is 5.32 Å². The zero-order valence-electron chi connectivity index (χ0n) is 15.5. The number of aryl methyl sites for hydroxylation is 1. The molecule has 1 aromatic carbocycles. The largest absolute Gasteiger partial charge is 0.349 e. The van der Waals surface area contributed by atoms with E-state index in [-0.39, 0.29) is 23.7 Å². The predicted octanol–water partition coefficient (Wildman–Crippen LogP) is 3.68. The SMILES string of the molecule is Cc1nn(-c2ccc(C(=O)NC3CCC(C#N)CC3)cn2)c2cc(F)ccc12. The number of hydrogen-bond acceptors (Lipinski definition) is 4. The molecule has 1 fully saturated rings. The molecule has 2 aromatic heterocycles. The molecular formula is C21H20FN5O. The van der Waals surface area contributed by atoms with Gasteiger partial charge >= 0.3 is 0 Å². The van der Waals surface area contributed by atoms with Crippen molar-refractivity contribution < 1.29 is 9.18 Å². The van der Waals surface area contributed by atoms with Crippen molar-refractivity contribution in [3.8, 4) is 11.9 Å². The molecule has 0 spiro atoms. The Morgan fingerprint density at radius 2 is 2.04 bits per heavy atom. The summed E-state index contributed by atoms with van der Waals surface area (Å²) in [6.07, 6.45) is 4.79. The Morgan fingerprint density at radius 3 is 2.71 bits per heavy atom. The lowest BCUT2D eigenvalue weighted by Gasteiger charge is -2.25. The van der Waals surface area contributed by atoms with E-state index >= 15 is 0 Å². The predicted molar refractivity (Wildman–Crippen MR) is 102 cm³/mol. The number of aromatic nitrogens is 3. The van der Waals surface area contributed by atoms with E-state index in [0.717, 1.165) is 36.8 Å². The number of rotatable bonds is 3. The Kier molecular flexibility index (Phi) is 4.78. The Balaban J connectivity index is 1.51. The van der Waals surface area contributed by atoms with Crippen LogP contribution in [0.25, 0.3) is 16.7 Å². The van der Waals surface area contributed by atoms with Crippen molar-refractivity contribution in [1.82, 2.24) is 20.1 Å². The quantitative estimate of drug-likeness (QED) is 0.755. The van der Waals surface area contributed by atoms with Gasteiger partial charge in [0.15, 0.2) is 5.82 Å². The average Bonchev–Trinajstić information content (AvgIpc) is 3.04. The number of halogens is 1. The fraction of sp³-hybridized carbons (Fsp3) is 0.333. The highest BCUT2D eigenvalue weighted by molar-refractivity contribution is 5.94. The molecule has 6 nitrogen and oxygen atoms in total. The van der Waals surface area contributed by atoms with Gasteiger partial charge in [-0.1, -0.05) is 0 Å². The van der Waals surface area contributed by atoms with Crippen LogP contribution in [0.3, 0.4) is 0 Å². The van der Waals surface area contributed by atoms with Crippen LogP contribution in [0.5, 0.6) is 0 Å². The maximum atomic E-state index is 13.6. The number of pyridine rings is 1. The van der Waals surface area contributed by atoms with Gasteiger partial charge in [-0.2, -0.15) is 10.4 Å². The normalized spacial score (nSPS) is 19.3. The molecule has 142 valence electrons. The number of hydrogen-bond donors (Lipinski definition) is 1. The topological polar surface area (TPSA) is 83.6 Å². The Hall–Kier alpha value is -3.27. The molecule has 2 heterocycles. The number of carbonyl (C=O) groups excluding carboxylic acids is 1. The first-order valence-corrected chi connectivity index (χ1v) is 9.37. The lowest BCUT2D eigenvalue weighted by atomic mass is 9.87. The van der Waals surface area contributed by atoms with E-state index in [0.29, 0.717) is 16.9 Å². The Bertz CT molecular complexity index is 1060. The fourth-order valence-corrected chi connectivity index (χ4v) is 3.70. The molecular weight excluding hydrogens is 357 g/mol. The highest BCUT2D eigenvalue weighted by atomic mass is 19.1. The summed E-state index contributed by atoms with van der Waals surface area (Å²) in [6, 6.07) is 10.3. The van der Waals surface area contributed by atoms with Crippen molar-refractivity contribution in [1.29, 1.82) is 5.26 Å². The highest BCUT2D eigenvalue weighted by Gasteiger charge is 2.22. The number of nitrogens with zero attached hydrogens (tertiary/aromatic N) is 4. The second kappa shape index (κ2) is 7.39. The molecule has 1 amide bonds. The molecule has 7 heteroatoms. The number of fused-ring (bicyclic) bond motifs is 1. The van der Waals surface area contributed by atoms with Crippen LogP contribution >= 0.6 is 0 Å². The second-order valence-corrected chi connectivity index (χ2v) is 7.21. The summed E-state index contributed by atoms with van der Waals surface area (Å²) in [5.41, 5.74) is 1.88. The van der Waals surface area contributed by atoms with Gasteiger partial charge in [0.2, 0.25) is 0 Å². The van der Waals surface area contributed by atoms with Gasteiger partial charge in [0.1, 0.15) is 5.82 Å². The van der Waals surface area contributed by atoms with Crippen molar-refractivity contribution in [3.63, 3.8) is 0 Å². The minimum atomic E-state index is -0.337. The molecule has 1 aliphatic rings. The van der Waals surface area contributed by atoms with Crippen molar-refractivity contribution in [3.05, 3.63) is 53.6 Å². The van der Waals surface area contributed by atoms with E-state index in [1.807, 2.05) is 6.92 Å². The van der Waals surface area contributed by atoms with Gasteiger partial charge in [0.25, 0.3) is 5.91 Å². The maximum Gasteiger partial charge on any atom is 0.253 e. The molecule has 0 unspecified atom stereocenters. The summed E-state index contributed by atoms with van der Waals surface area (Å²) < 4.78 is 15.2. The van der Waals surface area contributed by atoms with E-state index in [1.54, 1.807) is 22.9 Å². The number of nitrogens with one attached hydrogen (secondary N) is 1. The molecule has 0 saturated heterocycles. The van der Waals surface area contributed by atoms with E-state index in [4.69, 9.17) is 5.26 Å². The van der Waals surface area contributed by atoms with E-state index < -0.39 is 0 Å². The molecule has 1 saturated carbocycles. The minimum absolute atomic E-state index is 0.0949. The van der Waals surface area contributed by atoms with Crippen LogP contribution in [0.2, 0.25) is 0 Å². The molecule has 0 aliphatic heterocycles. The number of carbonyl (C=O) groups is 1. The van der Waals surface area contributed by atoms with Gasteiger partial charge in [-0.3, -0.25) is 4.79 Å². The van der Waals surface area contributed by atoms with Gasteiger partial charge in [-0.05, 0) is 56.9 Å². The minimum Gasteiger partial charge on any atom is -0.349 e. The summed E-state index contributed by atoms with van der Waals surface area (Å²) in [6.45, 7) is 1.86. The zero-order chi connectivity index (χ0) is 19.7. The van der Waals surface area contributed by atoms with E-state index in [9.17, 15) is 9.18 Å². The van der Waals surface area contributed by atoms with Crippen LogP contribution in [0.1, 0.15) is 41.7 Å². The summed E-state index contributed by atoms with van der Waals surface area (Å²) >= 11 is 0. The lowest BCUT2D eigenvalue weighted by Crippen LogP contribution is -2.37. The monoisotopic (exact) mass is 377 g/mol. The van der Waals surface area contributed by atoms with Gasteiger partial charge in [-0.25, -0.2) is 14.1 Å². The number of benzene rings is 1. The molecule has 4 rings (SSSR count). The van der Waals surface area contributed by atoms with E-state index in [1.165, 1.54) is 18.3 Å². The standard InChI is InChI=1S/C21H20FN5O/c1-13-18-8-5-16(22)10-19(18)27(26-13)20-9-4-15(12-24-20)21(28)25-17-6-2-14(11-23)3-7-17/h4-5,8-10,12,14,17H,2-3,6-7H2,1H3,(H,25,28). The van der Waals surface area contributed by atoms with E-state index in [2.05, 4.69) is 21.5 Å². The smallest absolute Gasteiger partial charge is 0.253 e. The third-order valence-corrected chi connectivity index (χ3v) is 5.30. The maximum absolute atomic E-state index is 13.6. The lowest BCUT2D eigenvalue weighted by molar-refractivity contribution is 0.0924. The molecule has 0 atom stereocenters. The van der Waals surface area contributed by atoms with Crippen molar-refractivity contribution in [2.24, 2.45) is 5.92 Å². The third-order valence-electron chi connectivity index (χ3n) is 5.30. The van der Waals surface area contributed by atoms with Crippen LogP contribution in [0, 0.1) is 30.0 Å². The molecule has 0 bridgehead atoms. The second-order valence-electron chi connectivity index (χ2n) is 7.21. The van der Waals surface area contributed by atoms with Crippen molar-refractivity contribution in [2.45, 2.75) is 38.6 Å². The summed E-state index contributed by atoms with van der Waals surface area (Å²) in [5.74, 6) is 0.115. The van der Waals surface area contributed by atoms with Crippen LogP contribution < -0.4 is 5.32 Å². The zero-order valence-corrected chi connectivity index (χ0v) is 15.5. The first-order chi connectivity index (χ1) is 13.5. The number of nitriles is 1. The van der Waals surface area contributed by atoms with Crippen LogP contribution in [0.4, 0.5) is 4.39 Å². The Morgan fingerprint density at radius 1 is 1.25 bits per heavy atom. The molecule has 1 N–H and O–H groups in total. The molecule has 28 heavy (non-hydrogen) atoms. The van der Waals surface area contributed by atoms with Crippen LogP contribution in [-0.2, 0) is 0 Å².